The third-order valence-electron chi connectivity index (χ3n) is 4.16. The maximum absolute atomic E-state index is 12.0. The number of hydrogen-bond donors (Lipinski definition) is 0. The smallest absolute Gasteiger partial charge is 0.356 e. The fraction of sp³-hybridized carbons (Fsp3) is 0.824. The summed E-state index contributed by atoms with van der Waals surface area (Å²) in [6, 6.07) is 0. The van der Waals surface area contributed by atoms with Crippen molar-refractivity contribution in [3.8, 4) is 0 Å². The van der Waals surface area contributed by atoms with E-state index in [0.717, 1.165) is 13.0 Å². The molecule has 1 heterocycles. The van der Waals surface area contributed by atoms with Crippen LogP contribution in [0.1, 0.15) is 71.1 Å². The number of aromatic nitrogens is 2. The summed E-state index contributed by atoms with van der Waals surface area (Å²) in [5.41, 5.74) is 0. The van der Waals surface area contributed by atoms with Gasteiger partial charge in [0.2, 0.25) is 0 Å². The molecular formula is C17H34N4O5S. The van der Waals surface area contributed by atoms with Crippen LogP contribution in [-0.4, -0.2) is 35.9 Å². The lowest BCUT2D eigenvalue weighted by Crippen LogP contribution is -2.33. The first-order chi connectivity index (χ1) is 12.7. The van der Waals surface area contributed by atoms with Crippen LogP contribution in [-0.2, 0) is 16.8 Å². The summed E-state index contributed by atoms with van der Waals surface area (Å²) in [6.45, 7) is 3.13. The minimum atomic E-state index is -3.38. The van der Waals surface area contributed by atoms with E-state index in [4.69, 9.17) is 15.3 Å². The molecule has 0 aliphatic carbocycles. The highest BCUT2D eigenvalue weighted by Gasteiger charge is 2.22. The van der Waals surface area contributed by atoms with Crippen molar-refractivity contribution in [3.05, 3.63) is 34.0 Å². The van der Waals surface area contributed by atoms with Gasteiger partial charge >= 0.3 is 10.2 Å². The van der Waals surface area contributed by atoms with E-state index in [1.165, 1.54) is 66.1 Å². The second-order valence-corrected chi connectivity index (χ2v) is 8.72. The number of aryl methyl sites for hydroxylation is 1. The summed E-state index contributed by atoms with van der Waals surface area (Å²) < 4.78 is 28.4. The number of hydrogen-bond acceptors (Lipinski definition) is 5. The van der Waals surface area contributed by atoms with Crippen molar-refractivity contribution >= 4 is 10.2 Å². The zero-order chi connectivity index (χ0) is 20.7. The molecule has 0 amide bonds. The Hall–Kier alpha value is -1.68. The molecule has 0 atom stereocenters. The standard InChI is InChI=1S/C17H34N3O2S.NO3/c1-4-5-6-7-8-9-10-11-12-13-14-19-15-16-20(17-19)23(21,22)18(2)3;2-1(3)4/h15-17H,4-14H2,1-3H3;/q+1;-1. The molecular weight excluding hydrogens is 372 g/mol. The molecule has 0 spiro atoms. The summed E-state index contributed by atoms with van der Waals surface area (Å²) in [5, 5.41) is 14.8. The Kier molecular flexibility index (Phi) is 13.5. The summed E-state index contributed by atoms with van der Waals surface area (Å²) >= 11 is 0. The molecule has 0 bridgehead atoms. The zero-order valence-electron chi connectivity index (χ0n) is 16.7. The van der Waals surface area contributed by atoms with Crippen LogP contribution >= 0.6 is 0 Å². The Morgan fingerprint density at radius 3 is 1.85 bits per heavy atom. The predicted molar refractivity (Wildman–Crippen MR) is 105 cm³/mol. The zero-order valence-corrected chi connectivity index (χ0v) is 17.6. The third kappa shape index (κ3) is 12.4. The van der Waals surface area contributed by atoms with Crippen molar-refractivity contribution in [3.63, 3.8) is 0 Å². The number of rotatable bonds is 13. The van der Waals surface area contributed by atoms with E-state index in [2.05, 4.69) is 6.92 Å². The molecule has 0 aliphatic rings. The molecule has 0 aromatic carbocycles. The molecule has 0 saturated carbocycles. The van der Waals surface area contributed by atoms with Crippen molar-refractivity contribution in [1.82, 2.24) is 8.28 Å². The van der Waals surface area contributed by atoms with Crippen LogP contribution in [0, 0.1) is 15.3 Å². The van der Waals surface area contributed by atoms with E-state index in [1.807, 2.05) is 10.8 Å². The highest BCUT2D eigenvalue weighted by molar-refractivity contribution is 7.87. The summed E-state index contributed by atoms with van der Waals surface area (Å²) in [7, 11) is -0.292. The quantitative estimate of drug-likeness (QED) is 0.216. The Bertz CT molecular complexity index is 613. The van der Waals surface area contributed by atoms with Gasteiger partial charge in [-0.15, -0.1) is 3.97 Å². The number of unbranched alkanes of at least 4 members (excludes halogenated alkanes) is 9. The second-order valence-electron chi connectivity index (χ2n) is 6.68. The second kappa shape index (κ2) is 14.4. The number of imidazole rings is 1. The predicted octanol–water partition coefficient (Wildman–Crippen LogP) is 3.11. The molecule has 9 nitrogen and oxygen atoms in total. The average Bonchev–Trinajstić information content (AvgIpc) is 3.05. The molecule has 0 aliphatic heterocycles. The SMILES string of the molecule is CCCCCCCCCCCC[n+]1ccn(S(=O)(=O)N(C)C)c1.O=[N+]([O-])[O-]. The van der Waals surface area contributed by atoms with Crippen LogP contribution in [0.4, 0.5) is 0 Å². The Labute approximate surface area is 162 Å². The maximum Gasteiger partial charge on any atom is 0.379 e. The van der Waals surface area contributed by atoms with Gasteiger partial charge in [0.15, 0.2) is 0 Å². The highest BCUT2D eigenvalue weighted by atomic mass is 32.2. The Morgan fingerprint density at radius 1 is 0.963 bits per heavy atom. The van der Waals surface area contributed by atoms with Gasteiger partial charge in [-0.05, 0) is 12.8 Å². The van der Waals surface area contributed by atoms with Crippen molar-refractivity contribution in [2.24, 2.45) is 0 Å². The van der Waals surface area contributed by atoms with E-state index < -0.39 is 15.3 Å². The van der Waals surface area contributed by atoms with Gasteiger partial charge in [-0.1, -0.05) is 58.3 Å². The normalized spacial score (nSPS) is 11.3. The molecule has 0 fully saturated rings. The first-order valence-corrected chi connectivity index (χ1v) is 10.9. The summed E-state index contributed by atoms with van der Waals surface area (Å²) in [5.74, 6) is 0. The summed E-state index contributed by atoms with van der Waals surface area (Å²) in [6.07, 6.45) is 18.2. The lowest BCUT2D eigenvalue weighted by molar-refractivity contribution is -0.696. The highest BCUT2D eigenvalue weighted by Crippen LogP contribution is 2.10. The molecule has 1 aromatic heterocycles. The van der Waals surface area contributed by atoms with Gasteiger partial charge < -0.3 is 15.3 Å². The van der Waals surface area contributed by atoms with E-state index >= 15 is 0 Å². The van der Waals surface area contributed by atoms with Crippen LogP contribution in [0.15, 0.2) is 18.7 Å². The van der Waals surface area contributed by atoms with Gasteiger partial charge in [0.05, 0.1) is 11.6 Å². The van der Waals surface area contributed by atoms with Gasteiger partial charge in [0.25, 0.3) is 6.33 Å². The van der Waals surface area contributed by atoms with Gasteiger partial charge in [0.1, 0.15) is 12.4 Å². The molecule has 0 radical (unpaired) electrons. The lowest BCUT2D eigenvalue weighted by Gasteiger charge is -2.05. The van der Waals surface area contributed by atoms with Gasteiger partial charge in [0, 0.05) is 14.1 Å². The summed E-state index contributed by atoms with van der Waals surface area (Å²) in [4.78, 5) is 8.25. The van der Waals surface area contributed by atoms with E-state index in [9.17, 15) is 8.42 Å². The van der Waals surface area contributed by atoms with Crippen LogP contribution in [0.5, 0.6) is 0 Å². The molecule has 27 heavy (non-hydrogen) atoms. The average molecular weight is 407 g/mol. The molecule has 0 saturated heterocycles. The Morgan fingerprint density at radius 2 is 1.41 bits per heavy atom. The molecule has 1 aromatic rings. The molecule has 0 unspecified atom stereocenters. The van der Waals surface area contributed by atoms with Crippen LogP contribution in [0.25, 0.3) is 0 Å². The first kappa shape index (κ1) is 25.3. The molecule has 10 heteroatoms. The van der Waals surface area contributed by atoms with Crippen molar-refractivity contribution in [2.45, 2.75) is 77.7 Å². The number of nitrogens with zero attached hydrogens (tertiary/aromatic N) is 4. The van der Waals surface area contributed by atoms with Gasteiger partial charge in [-0.2, -0.15) is 12.7 Å². The Balaban J connectivity index is 0.00000153. The van der Waals surface area contributed by atoms with Crippen molar-refractivity contribution in [2.75, 3.05) is 14.1 Å². The van der Waals surface area contributed by atoms with Gasteiger partial charge in [-0.25, -0.2) is 4.57 Å². The minimum Gasteiger partial charge on any atom is -0.356 e. The minimum absolute atomic E-state index is 0.881. The topological polar surface area (TPSA) is 112 Å². The van der Waals surface area contributed by atoms with Crippen LogP contribution < -0.4 is 4.57 Å². The van der Waals surface area contributed by atoms with E-state index in [-0.39, 0.29) is 0 Å². The fourth-order valence-electron chi connectivity index (χ4n) is 2.61. The fourth-order valence-corrected chi connectivity index (χ4v) is 3.44. The van der Waals surface area contributed by atoms with E-state index in [1.54, 1.807) is 26.6 Å². The van der Waals surface area contributed by atoms with Crippen molar-refractivity contribution in [1.29, 1.82) is 0 Å². The third-order valence-corrected chi connectivity index (χ3v) is 5.84. The van der Waals surface area contributed by atoms with E-state index in [0.29, 0.717) is 0 Å². The largest absolute Gasteiger partial charge is 0.379 e. The monoisotopic (exact) mass is 406 g/mol. The van der Waals surface area contributed by atoms with Crippen LogP contribution in [0.2, 0.25) is 0 Å². The van der Waals surface area contributed by atoms with Crippen molar-refractivity contribution < 1.29 is 18.1 Å². The lowest BCUT2D eigenvalue weighted by atomic mass is 10.1. The maximum atomic E-state index is 12.0. The molecule has 1 rings (SSSR count). The van der Waals surface area contributed by atoms with Gasteiger partial charge in [-0.3, -0.25) is 0 Å². The molecule has 158 valence electrons. The van der Waals surface area contributed by atoms with Crippen LogP contribution in [0.3, 0.4) is 0 Å². The first-order valence-electron chi connectivity index (χ1n) is 9.53. The molecule has 0 N–H and O–H groups in total.